The van der Waals surface area contributed by atoms with E-state index >= 15 is 0 Å². The van der Waals surface area contributed by atoms with Crippen molar-refractivity contribution < 1.29 is 22.9 Å². The highest BCUT2D eigenvalue weighted by Crippen LogP contribution is 2.13. The van der Waals surface area contributed by atoms with E-state index in [1.165, 1.54) is 31.2 Å². The third kappa shape index (κ3) is 4.51. The van der Waals surface area contributed by atoms with Gasteiger partial charge in [0.1, 0.15) is 0 Å². The largest absolute Gasteiger partial charge is 0.393 e. The third-order valence-corrected chi connectivity index (χ3v) is 2.78. The van der Waals surface area contributed by atoms with E-state index in [9.17, 15) is 13.2 Å². The molecule has 1 rings (SSSR count). The van der Waals surface area contributed by atoms with Crippen LogP contribution in [-0.2, 0) is 14.9 Å². The highest BCUT2D eigenvalue weighted by Gasteiger charge is 2.10. The highest BCUT2D eigenvalue weighted by atomic mass is 32.2. The van der Waals surface area contributed by atoms with Crippen LogP contribution in [0.25, 0.3) is 0 Å². The number of aliphatic hydroxyl groups excluding tert-OH is 1. The van der Waals surface area contributed by atoms with Crippen LogP contribution in [0.1, 0.15) is 13.3 Å². The summed E-state index contributed by atoms with van der Waals surface area (Å²) in [7, 11) is -4.22. The molecule has 0 heterocycles. The van der Waals surface area contributed by atoms with Gasteiger partial charge in [0.2, 0.25) is 5.91 Å². The lowest BCUT2D eigenvalue weighted by Crippen LogP contribution is -2.17. The molecule has 6 nitrogen and oxygen atoms in total. The van der Waals surface area contributed by atoms with Crippen molar-refractivity contribution in [1.82, 2.24) is 0 Å². The lowest BCUT2D eigenvalue weighted by atomic mass is 10.2. The molecule has 0 saturated carbocycles. The molecule has 3 N–H and O–H groups in total. The standard InChI is InChI=1S/C10H13NO5S/c1-7(12)6-10(13)11-8-2-4-9(5-3-8)17(14,15)16/h2-5,7,12H,6H2,1H3,(H,11,13)(H,14,15,16). The number of carbonyl (C=O) groups excluding carboxylic acids is 1. The summed E-state index contributed by atoms with van der Waals surface area (Å²) in [6, 6.07) is 5.05. The van der Waals surface area contributed by atoms with Crippen LogP contribution < -0.4 is 5.32 Å². The highest BCUT2D eigenvalue weighted by molar-refractivity contribution is 7.85. The minimum absolute atomic E-state index is 0.0416. The van der Waals surface area contributed by atoms with Crippen molar-refractivity contribution in [3.63, 3.8) is 0 Å². The van der Waals surface area contributed by atoms with Crippen molar-refractivity contribution in [2.75, 3.05) is 5.32 Å². The Balaban J connectivity index is 2.73. The van der Waals surface area contributed by atoms with Crippen LogP contribution >= 0.6 is 0 Å². The Morgan fingerprint density at radius 1 is 1.35 bits per heavy atom. The molecule has 94 valence electrons. The van der Waals surface area contributed by atoms with Crippen molar-refractivity contribution in [3.05, 3.63) is 24.3 Å². The maximum absolute atomic E-state index is 11.3. The monoisotopic (exact) mass is 259 g/mol. The van der Waals surface area contributed by atoms with Gasteiger partial charge in [0, 0.05) is 5.69 Å². The Morgan fingerprint density at radius 3 is 2.29 bits per heavy atom. The van der Waals surface area contributed by atoms with Gasteiger partial charge < -0.3 is 10.4 Å². The molecule has 1 amide bonds. The van der Waals surface area contributed by atoms with E-state index in [1.54, 1.807) is 0 Å². The van der Waals surface area contributed by atoms with E-state index in [2.05, 4.69) is 5.32 Å². The van der Waals surface area contributed by atoms with Gasteiger partial charge in [0.05, 0.1) is 17.4 Å². The summed E-state index contributed by atoms with van der Waals surface area (Å²) in [5.41, 5.74) is 0.392. The second-order valence-corrected chi connectivity index (χ2v) is 5.02. The van der Waals surface area contributed by atoms with Gasteiger partial charge in [-0.2, -0.15) is 8.42 Å². The Morgan fingerprint density at radius 2 is 1.88 bits per heavy atom. The molecular weight excluding hydrogens is 246 g/mol. The molecule has 1 aromatic rings. The lowest BCUT2D eigenvalue weighted by Gasteiger charge is -2.06. The van der Waals surface area contributed by atoms with E-state index in [4.69, 9.17) is 9.66 Å². The zero-order chi connectivity index (χ0) is 13.1. The van der Waals surface area contributed by atoms with Gasteiger partial charge in [-0.05, 0) is 31.2 Å². The second kappa shape index (κ2) is 5.26. The molecule has 0 fully saturated rings. The van der Waals surface area contributed by atoms with Gasteiger partial charge in [0.15, 0.2) is 0 Å². The van der Waals surface area contributed by atoms with Crippen molar-refractivity contribution in [2.45, 2.75) is 24.3 Å². The van der Waals surface area contributed by atoms with Gasteiger partial charge in [-0.1, -0.05) is 0 Å². The summed E-state index contributed by atoms with van der Waals surface area (Å²) in [5, 5.41) is 11.5. The van der Waals surface area contributed by atoms with E-state index in [1.807, 2.05) is 0 Å². The summed E-state index contributed by atoms with van der Waals surface area (Å²) in [4.78, 5) is 11.0. The van der Waals surface area contributed by atoms with Crippen molar-refractivity contribution in [1.29, 1.82) is 0 Å². The zero-order valence-corrected chi connectivity index (χ0v) is 9.94. The molecule has 1 atom stereocenters. The van der Waals surface area contributed by atoms with Gasteiger partial charge in [0.25, 0.3) is 10.1 Å². The fourth-order valence-corrected chi connectivity index (χ4v) is 1.67. The van der Waals surface area contributed by atoms with Gasteiger partial charge in [-0.3, -0.25) is 9.35 Å². The van der Waals surface area contributed by atoms with Gasteiger partial charge in [-0.25, -0.2) is 0 Å². The Kier molecular flexibility index (Phi) is 4.22. The van der Waals surface area contributed by atoms with E-state index in [0.717, 1.165) is 0 Å². The Labute approximate surface area is 99.0 Å². The normalized spacial score (nSPS) is 13.1. The van der Waals surface area contributed by atoms with Gasteiger partial charge in [-0.15, -0.1) is 0 Å². The third-order valence-electron chi connectivity index (χ3n) is 1.92. The summed E-state index contributed by atoms with van der Waals surface area (Å²) in [5.74, 6) is -0.375. The number of aliphatic hydroxyl groups is 1. The molecule has 7 heteroatoms. The fourth-order valence-electron chi connectivity index (χ4n) is 1.19. The SMILES string of the molecule is CC(O)CC(=O)Nc1ccc(S(=O)(=O)O)cc1. The zero-order valence-electron chi connectivity index (χ0n) is 9.12. The predicted molar refractivity (Wildman–Crippen MR) is 61.2 cm³/mol. The maximum atomic E-state index is 11.3. The molecular formula is C10H13NO5S. The van der Waals surface area contributed by atoms with Crippen molar-refractivity contribution in [2.24, 2.45) is 0 Å². The molecule has 1 unspecified atom stereocenters. The van der Waals surface area contributed by atoms with Crippen LogP contribution in [-0.4, -0.2) is 30.1 Å². The van der Waals surface area contributed by atoms with Crippen LogP contribution in [0.5, 0.6) is 0 Å². The maximum Gasteiger partial charge on any atom is 0.294 e. The van der Waals surface area contributed by atoms with Crippen LogP contribution in [0.15, 0.2) is 29.2 Å². The van der Waals surface area contributed by atoms with E-state index in [-0.39, 0.29) is 17.2 Å². The number of hydrogen-bond acceptors (Lipinski definition) is 4. The first-order valence-electron chi connectivity index (χ1n) is 4.84. The molecule has 0 aliphatic heterocycles. The first kappa shape index (κ1) is 13.6. The van der Waals surface area contributed by atoms with Crippen LogP contribution in [0.3, 0.4) is 0 Å². The lowest BCUT2D eigenvalue weighted by molar-refractivity contribution is -0.117. The van der Waals surface area contributed by atoms with Crippen LogP contribution in [0.2, 0.25) is 0 Å². The second-order valence-electron chi connectivity index (χ2n) is 3.60. The smallest absolute Gasteiger partial charge is 0.294 e. The summed E-state index contributed by atoms with van der Waals surface area (Å²) in [6.07, 6.45) is -0.785. The number of nitrogens with one attached hydrogen (secondary N) is 1. The minimum atomic E-state index is -4.22. The predicted octanol–water partition coefficient (Wildman–Crippen LogP) is 0.643. The first-order valence-corrected chi connectivity index (χ1v) is 6.28. The average Bonchev–Trinajstić information content (AvgIpc) is 2.15. The van der Waals surface area contributed by atoms with E-state index < -0.39 is 16.2 Å². The molecule has 0 radical (unpaired) electrons. The molecule has 0 aliphatic carbocycles. The Bertz CT molecular complexity index is 492. The quantitative estimate of drug-likeness (QED) is 0.688. The van der Waals surface area contributed by atoms with Crippen LogP contribution in [0, 0.1) is 0 Å². The first-order chi connectivity index (χ1) is 7.79. The topological polar surface area (TPSA) is 104 Å². The van der Waals surface area contributed by atoms with Gasteiger partial charge >= 0.3 is 0 Å². The van der Waals surface area contributed by atoms with Crippen molar-refractivity contribution >= 4 is 21.7 Å². The summed E-state index contributed by atoms with van der Waals surface area (Å²) >= 11 is 0. The Hall–Kier alpha value is -1.44. The molecule has 0 spiro atoms. The molecule has 0 bridgehead atoms. The fraction of sp³-hybridized carbons (Fsp3) is 0.300. The number of anilines is 1. The molecule has 0 saturated heterocycles. The number of amides is 1. The summed E-state index contributed by atoms with van der Waals surface area (Å²) in [6.45, 7) is 1.49. The minimum Gasteiger partial charge on any atom is -0.393 e. The average molecular weight is 259 g/mol. The number of carbonyl (C=O) groups is 1. The molecule has 0 aromatic heterocycles. The van der Waals surface area contributed by atoms with Crippen LogP contribution in [0.4, 0.5) is 5.69 Å². The number of rotatable bonds is 4. The molecule has 17 heavy (non-hydrogen) atoms. The molecule has 0 aliphatic rings. The number of hydrogen-bond donors (Lipinski definition) is 3. The van der Waals surface area contributed by atoms with E-state index in [0.29, 0.717) is 5.69 Å². The number of benzene rings is 1. The summed E-state index contributed by atoms with van der Waals surface area (Å²) < 4.78 is 30.2. The molecule has 1 aromatic carbocycles. The van der Waals surface area contributed by atoms with Crippen molar-refractivity contribution in [3.8, 4) is 0 Å².